The van der Waals surface area contributed by atoms with Crippen molar-refractivity contribution in [2.24, 2.45) is 11.7 Å². The van der Waals surface area contributed by atoms with Crippen molar-refractivity contribution in [3.8, 4) is 5.75 Å². The smallest absolute Gasteiger partial charge is 0.406 e. The molecule has 1 aromatic carbocycles. The Bertz CT molecular complexity index is 463. The van der Waals surface area contributed by atoms with Crippen LogP contribution in [0.4, 0.5) is 23.7 Å². The summed E-state index contributed by atoms with van der Waals surface area (Å²) in [6, 6.07) is 4.56. The highest BCUT2D eigenvalue weighted by Crippen LogP contribution is 2.24. The molecule has 0 heterocycles. The van der Waals surface area contributed by atoms with Crippen molar-refractivity contribution in [3.05, 3.63) is 24.3 Å². The van der Waals surface area contributed by atoms with Crippen LogP contribution in [0.15, 0.2) is 24.3 Å². The Labute approximate surface area is 120 Å². The summed E-state index contributed by atoms with van der Waals surface area (Å²) in [7, 11) is 1.61. The molecule has 8 heteroatoms. The highest BCUT2D eigenvalue weighted by Gasteiger charge is 2.30. The maximum atomic E-state index is 12.0. The van der Waals surface area contributed by atoms with Crippen molar-refractivity contribution in [3.63, 3.8) is 0 Å². The van der Waals surface area contributed by atoms with E-state index in [1.54, 1.807) is 7.05 Å². The van der Waals surface area contributed by atoms with Crippen LogP contribution in [-0.2, 0) is 0 Å². The molecule has 5 nitrogen and oxygen atoms in total. The van der Waals surface area contributed by atoms with Gasteiger partial charge in [-0.1, -0.05) is 6.92 Å². The minimum Gasteiger partial charge on any atom is -0.406 e. The maximum Gasteiger partial charge on any atom is 0.573 e. The van der Waals surface area contributed by atoms with Gasteiger partial charge in [0.1, 0.15) is 5.75 Å². The van der Waals surface area contributed by atoms with Crippen molar-refractivity contribution in [2.75, 3.05) is 25.5 Å². The second kappa shape index (κ2) is 7.16. The van der Waals surface area contributed by atoms with E-state index in [2.05, 4.69) is 10.1 Å². The topological polar surface area (TPSA) is 67.6 Å². The summed E-state index contributed by atoms with van der Waals surface area (Å²) >= 11 is 0. The van der Waals surface area contributed by atoms with E-state index in [1.807, 2.05) is 6.92 Å². The highest BCUT2D eigenvalue weighted by atomic mass is 19.4. The zero-order chi connectivity index (χ0) is 16.0. The van der Waals surface area contributed by atoms with Gasteiger partial charge in [-0.05, 0) is 36.7 Å². The number of hydrogen-bond acceptors (Lipinski definition) is 3. The van der Waals surface area contributed by atoms with Crippen molar-refractivity contribution >= 4 is 11.7 Å². The third kappa shape index (κ3) is 6.35. The molecule has 0 saturated carbocycles. The fourth-order valence-corrected chi connectivity index (χ4v) is 1.58. The number of urea groups is 1. The number of nitrogens with zero attached hydrogens (tertiary/aromatic N) is 1. The number of hydrogen-bond donors (Lipinski definition) is 2. The van der Waals surface area contributed by atoms with Gasteiger partial charge in [0.2, 0.25) is 0 Å². The number of halogens is 3. The molecule has 3 N–H and O–H groups in total. The molecule has 0 aliphatic heterocycles. The van der Waals surface area contributed by atoms with Crippen LogP contribution in [0.2, 0.25) is 0 Å². The average molecular weight is 305 g/mol. The quantitative estimate of drug-likeness (QED) is 0.879. The number of anilines is 1. The Balaban J connectivity index is 2.57. The number of carbonyl (C=O) groups excluding carboxylic acids is 1. The Morgan fingerprint density at radius 3 is 2.43 bits per heavy atom. The number of nitrogens with one attached hydrogen (secondary N) is 1. The molecule has 1 unspecified atom stereocenters. The number of alkyl halides is 3. The Kier molecular flexibility index (Phi) is 5.83. The molecule has 2 amide bonds. The minimum atomic E-state index is -4.73. The first-order chi connectivity index (χ1) is 9.71. The monoisotopic (exact) mass is 305 g/mol. The van der Waals surface area contributed by atoms with Crippen molar-refractivity contribution in [2.45, 2.75) is 13.3 Å². The fourth-order valence-electron chi connectivity index (χ4n) is 1.58. The van der Waals surface area contributed by atoms with E-state index in [9.17, 15) is 18.0 Å². The van der Waals surface area contributed by atoms with Gasteiger partial charge in [0.15, 0.2) is 0 Å². The van der Waals surface area contributed by atoms with E-state index in [0.717, 1.165) is 12.1 Å². The lowest BCUT2D eigenvalue weighted by Crippen LogP contribution is -2.36. The lowest BCUT2D eigenvalue weighted by molar-refractivity contribution is -0.274. The van der Waals surface area contributed by atoms with E-state index < -0.39 is 6.36 Å². The van der Waals surface area contributed by atoms with Crippen LogP contribution in [0.5, 0.6) is 5.75 Å². The molecule has 0 aromatic heterocycles. The molecule has 0 bridgehead atoms. The van der Waals surface area contributed by atoms with Gasteiger partial charge in [0.05, 0.1) is 0 Å². The molecule has 0 fully saturated rings. The standard InChI is InChI=1S/C13H18F3N3O2/c1-9(7-17)8-19(2)12(20)18-10-3-5-11(6-4-10)21-13(14,15)16/h3-6,9H,7-8,17H2,1-2H3,(H,18,20). The van der Waals surface area contributed by atoms with Crippen molar-refractivity contribution in [1.29, 1.82) is 0 Å². The molecule has 1 aromatic rings. The van der Waals surface area contributed by atoms with Gasteiger partial charge in [-0.3, -0.25) is 0 Å². The number of ether oxygens (including phenoxy) is 1. The summed E-state index contributed by atoms with van der Waals surface area (Å²) in [6.07, 6.45) is -4.73. The molecular formula is C13H18F3N3O2. The molecular weight excluding hydrogens is 287 g/mol. The van der Waals surface area contributed by atoms with Gasteiger partial charge in [-0.2, -0.15) is 0 Å². The number of amides is 2. The molecule has 1 atom stereocenters. The second-order valence-electron chi connectivity index (χ2n) is 4.72. The van der Waals surface area contributed by atoms with Gasteiger partial charge in [0, 0.05) is 19.3 Å². The molecule has 21 heavy (non-hydrogen) atoms. The first-order valence-electron chi connectivity index (χ1n) is 6.29. The van der Waals surface area contributed by atoms with Crippen molar-refractivity contribution < 1.29 is 22.7 Å². The SMILES string of the molecule is CC(CN)CN(C)C(=O)Nc1ccc(OC(F)(F)F)cc1. The Hall–Kier alpha value is -1.96. The molecule has 0 aliphatic rings. The Morgan fingerprint density at radius 1 is 1.38 bits per heavy atom. The maximum absolute atomic E-state index is 12.0. The Morgan fingerprint density at radius 2 is 1.95 bits per heavy atom. The van der Waals surface area contributed by atoms with Gasteiger partial charge >= 0.3 is 12.4 Å². The third-order valence-electron chi connectivity index (χ3n) is 2.67. The number of rotatable bonds is 5. The van der Waals surface area contributed by atoms with Crippen LogP contribution in [0.25, 0.3) is 0 Å². The van der Waals surface area contributed by atoms with Crippen LogP contribution in [-0.4, -0.2) is 37.4 Å². The zero-order valence-electron chi connectivity index (χ0n) is 11.8. The van der Waals surface area contributed by atoms with E-state index in [4.69, 9.17) is 5.73 Å². The van der Waals surface area contributed by atoms with Crippen LogP contribution in [0.1, 0.15) is 6.92 Å². The largest absolute Gasteiger partial charge is 0.573 e. The lowest BCUT2D eigenvalue weighted by Gasteiger charge is -2.21. The highest BCUT2D eigenvalue weighted by molar-refractivity contribution is 5.89. The zero-order valence-corrected chi connectivity index (χ0v) is 11.8. The fraction of sp³-hybridized carbons (Fsp3) is 0.462. The predicted molar refractivity (Wildman–Crippen MR) is 73.0 cm³/mol. The second-order valence-corrected chi connectivity index (χ2v) is 4.72. The third-order valence-corrected chi connectivity index (χ3v) is 2.67. The molecule has 118 valence electrons. The van der Waals surface area contributed by atoms with E-state index in [0.29, 0.717) is 18.8 Å². The molecule has 0 radical (unpaired) electrons. The van der Waals surface area contributed by atoms with Crippen LogP contribution in [0.3, 0.4) is 0 Å². The first kappa shape index (κ1) is 17.1. The van der Waals surface area contributed by atoms with E-state index in [-0.39, 0.29) is 17.7 Å². The van der Waals surface area contributed by atoms with Gasteiger partial charge < -0.3 is 20.7 Å². The van der Waals surface area contributed by atoms with Crippen LogP contribution >= 0.6 is 0 Å². The molecule has 1 rings (SSSR count). The first-order valence-corrected chi connectivity index (χ1v) is 6.29. The summed E-state index contributed by atoms with van der Waals surface area (Å²) < 4.78 is 39.8. The number of benzene rings is 1. The predicted octanol–water partition coefficient (Wildman–Crippen LogP) is 2.64. The summed E-state index contributed by atoms with van der Waals surface area (Å²) in [5.74, 6) is -0.186. The van der Waals surface area contributed by atoms with E-state index >= 15 is 0 Å². The molecule has 0 saturated heterocycles. The summed E-state index contributed by atoms with van der Waals surface area (Å²) in [5.41, 5.74) is 5.85. The normalized spacial score (nSPS) is 12.7. The minimum absolute atomic E-state index is 0.156. The number of carbonyl (C=O) groups is 1. The number of nitrogens with two attached hydrogens (primary N) is 1. The van der Waals surface area contributed by atoms with Crippen LogP contribution < -0.4 is 15.8 Å². The summed E-state index contributed by atoms with van der Waals surface area (Å²) in [5, 5.41) is 2.57. The van der Waals surface area contributed by atoms with Gasteiger partial charge in [-0.15, -0.1) is 13.2 Å². The molecule has 0 spiro atoms. The summed E-state index contributed by atoms with van der Waals surface area (Å²) in [6.45, 7) is 2.85. The molecule has 0 aliphatic carbocycles. The average Bonchev–Trinajstić information content (AvgIpc) is 2.39. The van der Waals surface area contributed by atoms with E-state index in [1.165, 1.54) is 17.0 Å². The summed E-state index contributed by atoms with van der Waals surface area (Å²) in [4.78, 5) is 13.3. The van der Waals surface area contributed by atoms with Gasteiger partial charge in [0.25, 0.3) is 0 Å². The van der Waals surface area contributed by atoms with Gasteiger partial charge in [-0.25, -0.2) is 4.79 Å². The van der Waals surface area contributed by atoms with Crippen LogP contribution in [0, 0.1) is 5.92 Å². The lowest BCUT2D eigenvalue weighted by atomic mass is 10.2. The van der Waals surface area contributed by atoms with Crippen molar-refractivity contribution in [1.82, 2.24) is 4.90 Å².